The molecule has 1 saturated carbocycles. The summed E-state index contributed by atoms with van der Waals surface area (Å²) < 4.78 is 32.4. The van der Waals surface area contributed by atoms with Crippen LogP contribution in [0.4, 0.5) is 0 Å². The van der Waals surface area contributed by atoms with Crippen molar-refractivity contribution < 1.29 is 17.9 Å². The smallest absolute Gasteiger partial charge is 0.252 e. The molecule has 0 bridgehead atoms. The molecular weight excluding hydrogens is 360 g/mol. The average molecular weight is 387 g/mol. The van der Waals surface area contributed by atoms with Gasteiger partial charge in [0.15, 0.2) is 0 Å². The molecule has 1 aromatic rings. The zero-order chi connectivity index (χ0) is 17.7. The molecule has 2 fully saturated rings. The van der Waals surface area contributed by atoms with E-state index in [-0.39, 0.29) is 12.3 Å². The van der Waals surface area contributed by atoms with E-state index in [1.807, 2.05) is 0 Å². The Kier molecular flexibility index (Phi) is 6.49. The number of rotatable bonds is 10. The van der Waals surface area contributed by atoms with E-state index in [0.29, 0.717) is 30.5 Å². The molecule has 0 spiro atoms. The van der Waals surface area contributed by atoms with Gasteiger partial charge in [-0.2, -0.15) is 4.31 Å². The molecule has 0 unspecified atom stereocenters. The lowest BCUT2D eigenvalue weighted by atomic mass is 10.3. The van der Waals surface area contributed by atoms with Crippen LogP contribution in [0.5, 0.6) is 0 Å². The molecule has 140 valence electrons. The van der Waals surface area contributed by atoms with Crippen LogP contribution in [-0.2, 0) is 26.0 Å². The number of ether oxygens (including phenoxy) is 1. The Morgan fingerprint density at radius 2 is 2.04 bits per heavy atom. The number of carbonyl (C=O) groups excluding carboxylic acids is 1. The zero-order valence-corrected chi connectivity index (χ0v) is 16.0. The number of hydrogen-bond donors (Lipinski definition) is 1. The van der Waals surface area contributed by atoms with Gasteiger partial charge in [-0.15, -0.1) is 11.3 Å². The monoisotopic (exact) mass is 386 g/mol. The summed E-state index contributed by atoms with van der Waals surface area (Å²) in [6, 6.07) is 3.36. The van der Waals surface area contributed by atoms with Gasteiger partial charge in [-0.25, -0.2) is 8.42 Å². The Labute approximate surface area is 153 Å². The molecule has 1 saturated heterocycles. The van der Waals surface area contributed by atoms with E-state index in [2.05, 4.69) is 5.32 Å². The standard InChI is InChI=1S/C17H26N2O4S2/c20-16(18-8-3-11-23-13-14-4-5-14)12-15-6-7-17(24-15)25(21,22)19-9-1-2-10-19/h6-7,14H,1-5,8-13H2,(H,18,20). The van der Waals surface area contributed by atoms with Gasteiger partial charge in [-0.3, -0.25) is 4.79 Å². The maximum atomic E-state index is 12.5. The fourth-order valence-electron chi connectivity index (χ4n) is 2.80. The van der Waals surface area contributed by atoms with Crippen LogP contribution in [0.15, 0.2) is 16.3 Å². The van der Waals surface area contributed by atoms with Gasteiger partial charge >= 0.3 is 0 Å². The quantitative estimate of drug-likeness (QED) is 0.624. The third-order valence-electron chi connectivity index (χ3n) is 4.47. The van der Waals surface area contributed by atoms with Crippen molar-refractivity contribution in [1.82, 2.24) is 9.62 Å². The number of nitrogens with one attached hydrogen (secondary N) is 1. The van der Waals surface area contributed by atoms with Crippen molar-refractivity contribution in [2.24, 2.45) is 5.92 Å². The van der Waals surface area contributed by atoms with Gasteiger partial charge in [0.2, 0.25) is 5.91 Å². The highest BCUT2D eigenvalue weighted by molar-refractivity contribution is 7.91. The van der Waals surface area contributed by atoms with Crippen LogP contribution in [0.25, 0.3) is 0 Å². The van der Waals surface area contributed by atoms with Crippen LogP contribution in [0.2, 0.25) is 0 Å². The summed E-state index contributed by atoms with van der Waals surface area (Å²) >= 11 is 1.20. The van der Waals surface area contributed by atoms with Crippen LogP contribution < -0.4 is 5.32 Å². The minimum atomic E-state index is -3.38. The van der Waals surface area contributed by atoms with Crippen molar-refractivity contribution in [3.8, 4) is 0 Å². The molecule has 2 aliphatic rings. The molecule has 1 aliphatic heterocycles. The summed E-state index contributed by atoms with van der Waals surface area (Å²) in [5, 5.41) is 2.87. The highest BCUT2D eigenvalue weighted by atomic mass is 32.2. The number of sulfonamides is 1. The third kappa shape index (κ3) is 5.51. The lowest BCUT2D eigenvalue weighted by Gasteiger charge is -2.13. The van der Waals surface area contributed by atoms with E-state index in [9.17, 15) is 13.2 Å². The Hall–Kier alpha value is -0.960. The van der Waals surface area contributed by atoms with Crippen LogP contribution in [-0.4, -0.2) is 51.5 Å². The van der Waals surface area contributed by atoms with Crippen molar-refractivity contribution in [3.63, 3.8) is 0 Å². The molecular formula is C17H26N2O4S2. The van der Waals surface area contributed by atoms with Gasteiger partial charge in [-0.05, 0) is 50.2 Å². The first-order valence-corrected chi connectivity index (χ1v) is 11.2. The van der Waals surface area contributed by atoms with Gasteiger partial charge in [0.05, 0.1) is 6.42 Å². The molecule has 0 aromatic carbocycles. The first-order chi connectivity index (χ1) is 12.1. The van der Waals surface area contributed by atoms with Crippen LogP contribution in [0.3, 0.4) is 0 Å². The Bertz CT molecular complexity index is 677. The highest BCUT2D eigenvalue weighted by Crippen LogP contribution is 2.29. The first-order valence-electron chi connectivity index (χ1n) is 8.99. The fourth-order valence-corrected chi connectivity index (χ4v) is 5.83. The predicted octanol–water partition coefficient (Wildman–Crippen LogP) is 2.01. The molecule has 2 heterocycles. The molecule has 0 radical (unpaired) electrons. The van der Waals surface area contributed by atoms with Crippen molar-refractivity contribution in [2.45, 2.75) is 42.7 Å². The molecule has 8 heteroatoms. The van der Waals surface area contributed by atoms with E-state index in [4.69, 9.17) is 4.74 Å². The van der Waals surface area contributed by atoms with Gasteiger partial charge in [0.25, 0.3) is 10.0 Å². The second kappa shape index (κ2) is 8.62. The molecule has 1 N–H and O–H groups in total. The second-order valence-electron chi connectivity index (χ2n) is 6.73. The second-order valence-corrected chi connectivity index (χ2v) is 10.1. The van der Waals surface area contributed by atoms with Crippen molar-refractivity contribution in [1.29, 1.82) is 0 Å². The van der Waals surface area contributed by atoms with E-state index in [0.717, 1.165) is 36.7 Å². The molecule has 3 rings (SSSR count). The Morgan fingerprint density at radius 1 is 1.28 bits per heavy atom. The molecule has 6 nitrogen and oxygen atoms in total. The lowest BCUT2D eigenvalue weighted by molar-refractivity contribution is -0.120. The third-order valence-corrected chi connectivity index (χ3v) is 7.92. The molecule has 0 atom stereocenters. The van der Waals surface area contributed by atoms with Crippen LogP contribution in [0, 0.1) is 5.92 Å². The van der Waals surface area contributed by atoms with E-state index >= 15 is 0 Å². The summed E-state index contributed by atoms with van der Waals surface area (Å²) in [4.78, 5) is 12.8. The fraction of sp³-hybridized carbons (Fsp3) is 0.706. The SMILES string of the molecule is O=C(Cc1ccc(S(=O)(=O)N2CCCC2)s1)NCCCOCC1CC1. The molecule has 25 heavy (non-hydrogen) atoms. The molecule has 1 amide bonds. The van der Waals surface area contributed by atoms with Gasteiger partial charge in [0.1, 0.15) is 4.21 Å². The normalized spacial score (nSPS) is 18.6. The maximum Gasteiger partial charge on any atom is 0.252 e. The Morgan fingerprint density at radius 3 is 2.76 bits per heavy atom. The van der Waals surface area contributed by atoms with Crippen molar-refractivity contribution in [3.05, 3.63) is 17.0 Å². The number of amides is 1. The summed E-state index contributed by atoms with van der Waals surface area (Å²) in [5.41, 5.74) is 0. The maximum absolute atomic E-state index is 12.5. The minimum absolute atomic E-state index is 0.0748. The van der Waals surface area contributed by atoms with E-state index in [1.54, 1.807) is 12.1 Å². The predicted molar refractivity (Wildman–Crippen MR) is 97.2 cm³/mol. The van der Waals surface area contributed by atoms with Crippen molar-refractivity contribution in [2.75, 3.05) is 32.8 Å². The average Bonchev–Trinajstić information content (AvgIpc) is 3.03. The zero-order valence-electron chi connectivity index (χ0n) is 14.4. The summed E-state index contributed by atoms with van der Waals surface area (Å²) in [6.07, 6.45) is 5.44. The minimum Gasteiger partial charge on any atom is -0.381 e. The number of carbonyl (C=O) groups is 1. The van der Waals surface area contributed by atoms with Gasteiger partial charge < -0.3 is 10.1 Å². The number of hydrogen-bond acceptors (Lipinski definition) is 5. The van der Waals surface area contributed by atoms with Gasteiger partial charge in [-0.1, -0.05) is 0 Å². The first kappa shape index (κ1) is 18.8. The lowest BCUT2D eigenvalue weighted by Crippen LogP contribution is -2.27. The molecule has 1 aromatic heterocycles. The highest BCUT2D eigenvalue weighted by Gasteiger charge is 2.28. The number of thiophene rings is 1. The summed E-state index contributed by atoms with van der Waals surface area (Å²) in [6.45, 7) is 3.30. The molecule has 1 aliphatic carbocycles. The van der Waals surface area contributed by atoms with E-state index < -0.39 is 10.0 Å². The van der Waals surface area contributed by atoms with Crippen molar-refractivity contribution >= 4 is 27.3 Å². The Balaban J connectivity index is 1.38. The van der Waals surface area contributed by atoms with E-state index in [1.165, 1.54) is 28.5 Å². The van der Waals surface area contributed by atoms with Gasteiger partial charge in [0, 0.05) is 37.7 Å². The summed E-state index contributed by atoms with van der Waals surface area (Å²) in [5.74, 6) is 0.689. The van der Waals surface area contributed by atoms with Crippen LogP contribution >= 0.6 is 11.3 Å². The van der Waals surface area contributed by atoms with Crippen LogP contribution in [0.1, 0.15) is 37.0 Å². The number of nitrogens with zero attached hydrogens (tertiary/aromatic N) is 1. The largest absolute Gasteiger partial charge is 0.381 e. The summed E-state index contributed by atoms with van der Waals surface area (Å²) in [7, 11) is -3.38. The topological polar surface area (TPSA) is 75.7 Å².